The van der Waals surface area contributed by atoms with Gasteiger partial charge in [0, 0.05) is 17.3 Å². The zero-order valence-electron chi connectivity index (χ0n) is 16.9. The van der Waals surface area contributed by atoms with E-state index in [1.807, 2.05) is 0 Å². The summed E-state index contributed by atoms with van der Waals surface area (Å²) in [6.45, 7) is -0.619. The van der Waals surface area contributed by atoms with Gasteiger partial charge < -0.3 is 15.4 Å². The van der Waals surface area contributed by atoms with Gasteiger partial charge in [0.15, 0.2) is 18.2 Å². The quantitative estimate of drug-likeness (QED) is 0.521. The van der Waals surface area contributed by atoms with Crippen molar-refractivity contribution in [1.82, 2.24) is 5.32 Å². The van der Waals surface area contributed by atoms with Crippen LogP contribution in [0.15, 0.2) is 78.9 Å². The molecule has 6 nitrogen and oxygen atoms in total. The molecule has 0 unspecified atom stereocenters. The third-order valence-electron chi connectivity index (χ3n) is 4.48. The van der Waals surface area contributed by atoms with Crippen molar-refractivity contribution in [2.75, 3.05) is 11.9 Å². The van der Waals surface area contributed by atoms with E-state index in [4.69, 9.17) is 4.74 Å². The maximum Gasteiger partial charge on any atom is 0.308 e. The van der Waals surface area contributed by atoms with E-state index in [0.29, 0.717) is 11.1 Å². The second-order valence-corrected chi connectivity index (χ2v) is 6.84. The Morgan fingerprint density at radius 3 is 2.16 bits per heavy atom. The van der Waals surface area contributed by atoms with Crippen LogP contribution in [0.2, 0.25) is 0 Å². The van der Waals surface area contributed by atoms with Crippen molar-refractivity contribution in [3.8, 4) is 0 Å². The molecule has 3 rings (SSSR count). The maximum absolute atomic E-state index is 13.2. The molecule has 0 aliphatic heterocycles. The third kappa shape index (κ3) is 6.46. The van der Waals surface area contributed by atoms with E-state index in [1.165, 1.54) is 6.07 Å². The van der Waals surface area contributed by atoms with Gasteiger partial charge in [0.25, 0.3) is 11.8 Å². The van der Waals surface area contributed by atoms with Gasteiger partial charge in [-0.1, -0.05) is 48.5 Å². The number of benzene rings is 3. The smallest absolute Gasteiger partial charge is 0.308 e. The molecule has 2 amide bonds. The molecule has 32 heavy (non-hydrogen) atoms. The summed E-state index contributed by atoms with van der Waals surface area (Å²) in [6.07, 6.45) is -0.207. The van der Waals surface area contributed by atoms with Gasteiger partial charge in [-0.05, 0) is 29.8 Å². The normalized spacial score (nSPS) is 11.3. The van der Waals surface area contributed by atoms with Crippen LogP contribution >= 0.6 is 0 Å². The van der Waals surface area contributed by atoms with Crippen molar-refractivity contribution in [2.24, 2.45) is 0 Å². The second-order valence-electron chi connectivity index (χ2n) is 6.84. The molecule has 0 aliphatic rings. The van der Waals surface area contributed by atoms with Crippen LogP contribution in [0.5, 0.6) is 0 Å². The molecule has 3 aromatic carbocycles. The van der Waals surface area contributed by atoms with Gasteiger partial charge in [-0.2, -0.15) is 0 Å². The number of esters is 1. The Morgan fingerprint density at radius 2 is 1.50 bits per heavy atom. The van der Waals surface area contributed by atoms with Crippen LogP contribution in [0.1, 0.15) is 28.4 Å². The molecule has 1 atom stereocenters. The first kappa shape index (κ1) is 22.6. The molecular weight excluding hydrogens is 418 g/mol. The average Bonchev–Trinajstić information content (AvgIpc) is 2.81. The zero-order chi connectivity index (χ0) is 22.9. The molecule has 3 aromatic rings. The van der Waals surface area contributed by atoms with E-state index < -0.39 is 36.2 Å². The number of rotatable bonds is 8. The van der Waals surface area contributed by atoms with E-state index in [1.54, 1.807) is 60.7 Å². The summed E-state index contributed by atoms with van der Waals surface area (Å²) in [5.41, 5.74) is 1.16. The van der Waals surface area contributed by atoms with Gasteiger partial charge in [0.1, 0.15) is 0 Å². The van der Waals surface area contributed by atoms with Crippen LogP contribution in [0.4, 0.5) is 14.5 Å². The number of ether oxygens (including phenoxy) is 1. The molecule has 8 heteroatoms. The van der Waals surface area contributed by atoms with E-state index in [2.05, 4.69) is 10.6 Å². The van der Waals surface area contributed by atoms with Crippen LogP contribution in [0, 0.1) is 11.6 Å². The summed E-state index contributed by atoms with van der Waals surface area (Å²) >= 11 is 0. The van der Waals surface area contributed by atoms with Crippen LogP contribution in [0.3, 0.4) is 0 Å². The molecule has 0 heterocycles. The van der Waals surface area contributed by atoms with Gasteiger partial charge >= 0.3 is 5.97 Å². The number of hydrogen-bond donors (Lipinski definition) is 2. The first-order valence-corrected chi connectivity index (χ1v) is 9.74. The van der Waals surface area contributed by atoms with Gasteiger partial charge in [-0.15, -0.1) is 0 Å². The lowest BCUT2D eigenvalue weighted by Crippen LogP contribution is -2.31. The summed E-state index contributed by atoms with van der Waals surface area (Å²) in [7, 11) is 0. The van der Waals surface area contributed by atoms with Crippen molar-refractivity contribution in [1.29, 1.82) is 0 Å². The molecule has 164 valence electrons. The zero-order valence-corrected chi connectivity index (χ0v) is 16.9. The van der Waals surface area contributed by atoms with Gasteiger partial charge in [-0.25, -0.2) is 8.78 Å². The second kappa shape index (κ2) is 10.8. The first-order chi connectivity index (χ1) is 15.4. The third-order valence-corrected chi connectivity index (χ3v) is 4.48. The van der Waals surface area contributed by atoms with Crippen molar-refractivity contribution in [3.63, 3.8) is 0 Å². The lowest BCUT2D eigenvalue weighted by molar-refractivity contribution is -0.147. The average molecular weight is 438 g/mol. The summed E-state index contributed by atoms with van der Waals surface area (Å²) in [5, 5.41) is 5.11. The number of hydrogen-bond acceptors (Lipinski definition) is 4. The highest BCUT2D eigenvalue weighted by Crippen LogP contribution is 2.18. The summed E-state index contributed by atoms with van der Waals surface area (Å²) < 4.78 is 31.2. The van der Waals surface area contributed by atoms with Gasteiger partial charge in [0.05, 0.1) is 12.5 Å². The number of carbonyl (C=O) groups is 3. The minimum atomic E-state index is -1.11. The van der Waals surface area contributed by atoms with Crippen LogP contribution < -0.4 is 10.6 Å². The summed E-state index contributed by atoms with van der Waals surface area (Å²) in [5.74, 6) is -3.94. The summed E-state index contributed by atoms with van der Waals surface area (Å²) in [4.78, 5) is 36.8. The van der Waals surface area contributed by atoms with Gasteiger partial charge in [-0.3, -0.25) is 14.4 Å². The maximum atomic E-state index is 13.2. The Hall–Kier alpha value is -4.07. The number of amides is 2. The van der Waals surface area contributed by atoms with Crippen molar-refractivity contribution in [3.05, 3.63) is 102 Å². The number of nitrogens with one attached hydrogen (secondary N) is 2. The Morgan fingerprint density at radius 1 is 0.844 bits per heavy atom. The van der Waals surface area contributed by atoms with Gasteiger partial charge in [0.2, 0.25) is 0 Å². The fourth-order valence-corrected chi connectivity index (χ4v) is 2.91. The minimum absolute atomic E-state index is 0.0298. The Bertz CT molecular complexity index is 1090. The molecule has 2 N–H and O–H groups in total. The molecule has 0 saturated heterocycles. The molecule has 0 bridgehead atoms. The monoisotopic (exact) mass is 438 g/mol. The molecule has 0 aliphatic carbocycles. The number of anilines is 1. The highest BCUT2D eigenvalue weighted by Gasteiger charge is 2.20. The predicted octanol–water partition coefficient (Wildman–Crippen LogP) is 4.01. The first-order valence-electron chi connectivity index (χ1n) is 9.74. The minimum Gasteiger partial charge on any atom is -0.455 e. The van der Waals surface area contributed by atoms with Crippen LogP contribution in [-0.2, 0) is 14.3 Å². The van der Waals surface area contributed by atoms with E-state index in [0.717, 1.165) is 12.1 Å². The Balaban J connectivity index is 1.59. The summed E-state index contributed by atoms with van der Waals surface area (Å²) in [6, 6.07) is 19.6. The van der Waals surface area contributed by atoms with Crippen molar-refractivity contribution in [2.45, 2.75) is 12.5 Å². The largest absolute Gasteiger partial charge is 0.455 e. The highest BCUT2D eigenvalue weighted by molar-refractivity contribution is 5.95. The molecule has 0 aromatic heterocycles. The lowest BCUT2D eigenvalue weighted by atomic mass is 10.0. The number of carbonyl (C=O) groups excluding carboxylic acids is 3. The van der Waals surface area contributed by atoms with Crippen molar-refractivity contribution >= 4 is 23.5 Å². The SMILES string of the molecule is O=C(COC(=O)C[C@H](NC(=O)c1ccccc1)c1ccccc1)Nc1ccc(F)c(F)c1. The Kier molecular flexibility index (Phi) is 7.64. The molecule has 0 spiro atoms. The van der Waals surface area contributed by atoms with Crippen LogP contribution in [0.25, 0.3) is 0 Å². The fourth-order valence-electron chi connectivity index (χ4n) is 2.91. The van der Waals surface area contributed by atoms with Crippen LogP contribution in [-0.4, -0.2) is 24.4 Å². The molecule has 0 radical (unpaired) electrons. The van der Waals surface area contributed by atoms with Crippen molar-refractivity contribution < 1.29 is 27.9 Å². The standard InChI is InChI=1S/C24H20F2N2O4/c25-19-12-11-18(13-20(19)26)27-22(29)15-32-23(30)14-21(16-7-3-1-4-8-16)28-24(31)17-9-5-2-6-10-17/h1-13,21H,14-15H2,(H,27,29)(H,28,31)/t21-/m0/s1. The topological polar surface area (TPSA) is 84.5 Å². The molecular formula is C24H20F2N2O4. The number of halogens is 2. The predicted molar refractivity (Wildman–Crippen MR) is 114 cm³/mol. The Labute approximate surface area is 183 Å². The molecule has 0 saturated carbocycles. The van der Waals surface area contributed by atoms with E-state index in [9.17, 15) is 23.2 Å². The lowest BCUT2D eigenvalue weighted by Gasteiger charge is -2.19. The molecule has 0 fully saturated rings. The fraction of sp³-hybridized carbons (Fsp3) is 0.125. The van der Waals surface area contributed by atoms with E-state index in [-0.39, 0.29) is 18.0 Å². The van der Waals surface area contributed by atoms with E-state index >= 15 is 0 Å². The highest BCUT2D eigenvalue weighted by atomic mass is 19.2.